The Morgan fingerprint density at radius 3 is 1.88 bits per heavy atom. The number of likely N-dealkylation sites (N-methyl/N-ethyl adjacent to an activating group) is 1. The minimum atomic E-state index is -0.423. The lowest BCUT2D eigenvalue weighted by Gasteiger charge is -2.32. The van der Waals surface area contributed by atoms with E-state index in [4.69, 9.17) is 14.2 Å². The number of rotatable bonds is 18. The molecule has 0 spiro atoms. The van der Waals surface area contributed by atoms with Crippen LogP contribution in [0.25, 0.3) is 0 Å². The van der Waals surface area contributed by atoms with Gasteiger partial charge < -0.3 is 18.7 Å². The molecule has 41 heavy (non-hydrogen) atoms. The second-order valence-electron chi connectivity index (χ2n) is 11.1. The van der Waals surface area contributed by atoms with Crippen LogP contribution < -0.4 is 9.47 Å². The van der Waals surface area contributed by atoms with Crippen LogP contribution in [0.4, 0.5) is 5.69 Å². The number of hydrogen-bond acceptors (Lipinski definition) is 6. The van der Waals surface area contributed by atoms with Gasteiger partial charge in [-0.15, -0.1) is 0 Å². The monoisotopic (exact) mass is 563 g/mol. The maximum Gasteiger partial charge on any atom is 0.365 e. The minimum Gasteiger partial charge on any atom is -0.494 e. The van der Waals surface area contributed by atoms with Crippen LogP contribution in [0.5, 0.6) is 11.5 Å². The summed E-state index contributed by atoms with van der Waals surface area (Å²) in [4.78, 5) is 23.3. The van der Waals surface area contributed by atoms with E-state index in [0.29, 0.717) is 30.7 Å². The molecule has 1 unspecified atom stereocenters. The first-order valence-corrected chi connectivity index (χ1v) is 14.3. The number of non-ortho nitro benzene ring substituents is 1. The number of nitro benzene ring substituents is 1. The molecule has 0 radical (unpaired) electrons. The molecule has 0 aliphatic heterocycles. The molecule has 0 aliphatic rings. The summed E-state index contributed by atoms with van der Waals surface area (Å²) in [6.45, 7) is 1.64. The number of hydrogen-bond donors (Lipinski definition) is 0. The predicted octanol–water partition coefficient (Wildman–Crippen LogP) is 6.75. The highest BCUT2D eigenvalue weighted by Gasteiger charge is 2.33. The van der Waals surface area contributed by atoms with E-state index in [1.165, 1.54) is 12.1 Å². The maximum atomic E-state index is 12.8. The van der Waals surface area contributed by atoms with Crippen LogP contribution in [-0.2, 0) is 22.6 Å². The molecule has 3 rings (SSSR count). The number of benzene rings is 3. The summed E-state index contributed by atoms with van der Waals surface area (Å²) in [6, 6.07) is 23.8. The van der Waals surface area contributed by atoms with Crippen molar-refractivity contribution in [1.29, 1.82) is 0 Å². The van der Waals surface area contributed by atoms with Gasteiger partial charge in [-0.2, -0.15) is 0 Å². The number of carbonyl (C=O) groups is 1. The number of nitro groups is 1. The van der Waals surface area contributed by atoms with Crippen molar-refractivity contribution in [1.82, 2.24) is 0 Å². The molecule has 0 saturated heterocycles. The summed E-state index contributed by atoms with van der Waals surface area (Å²) in [5.41, 5.74) is 2.06. The van der Waals surface area contributed by atoms with Gasteiger partial charge in [-0.25, -0.2) is 4.79 Å². The van der Waals surface area contributed by atoms with Gasteiger partial charge in [0, 0.05) is 18.6 Å². The molecule has 0 heterocycles. The van der Waals surface area contributed by atoms with Crippen molar-refractivity contribution in [2.24, 2.45) is 0 Å². The number of unbranched alkanes of at least 4 members (excludes halogenated alkanes) is 5. The first-order valence-electron chi connectivity index (χ1n) is 14.3. The highest BCUT2D eigenvalue weighted by atomic mass is 16.6. The Hall–Kier alpha value is -3.91. The summed E-state index contributed by atoms with van der Waals surface area (Å²) >= 11 is 0. The van der Waals surface area contributed by atoms with Gasteiger partial charge >= 0.3 is 5.97 Å². The van der Waals surface area contributed by atoms with Crippen LogP contribution in [0, 0.1) is 10.1 Å². The standard InChI is InChI=1S/C33H43N2O6/c1-35(2,3)32(25-27-15-17-29(18-16-27)34(37)38)33(36)40-24-12-7-5-4-6-11-23-39-30-19-21-31(22-20-30)41-26-28-13-9-8-10-14-28/h8-10,13-22,32H,4-7,11-12,23-26H2,1-3H3/q+1. The van der Waals surface area contributed by atoms with Gasteiger partial charge in [0.05, 0.1) is 39.3 Å². The lowest BCUT2D eigenvalue weighted by atomic mass is 10.0. The number of ether oxygens (including phenoxy) is 3. The van der Waals surface area contributed by atoms with Gasteiger partial charge in [-0.1, -0.05) is 68.1 Å². The topological polar surface area (TPSA) is 87.9 Å². The van der Waals surface area contributed by atoms with E-state index in [1.54, 1.807) is 12.1 Å². The van der Waals surface area contributed by atoms with Gasteiger partial charge in [-0.3, -0.25) is 10.1 Å². The second-order valence-corrected chi connectivity index (χ2v) is 11.1. The van der Waals surface area contributed by atoms with Crippen LogP contribution in [0.3, 0.4) is 0 Å². The fraction of sp³-hybridized carbons (Fsp3) is 0.424. The smallest absolute Gasteiger partial charge is 0.365 e. The van der Waals surface area contributed by atoms with Crippen LogP contribution in [0.15, 0.2) is 78.9 Å². The molecule has 0 aromatic heterocycles. The molecule has 3 aromatic rings. The molecule has 0 bridgehead atoms. The summed E-state index contributed by atoms with van der Waals surface area (Å²) in [7, 11) is 5.87. The number of esters is 1. The summed E-state index contributed by atoms with van der Waals surface area (Å²) in [5.74, 6) is 1.44. The van der Waals surface area contributed by atoms with E-state index < -0.39 is 4.92 Å². The second kappa shape index (κ2) is 16.4. The summed E-state index contributed by atoms with van der Waals surface area (Å²) in [5, 5.41) is 10.9. The largest absolute Gasteiger partial charge is 0.494 e. The Bertz CT molecular complexity index is 1190. The van der Waals surface area contributed by atoms with E-state index in [9.17, 15) is 14.9 Å². The lowest BCUT2D eigenvalue weighted by molar-refractivity contribution is -0.887. The molecule has 220 valence electrons. The van der Waals surface area contributed by atoms with E-state index in [2.05, 4.69) is 0 Å². The third-order valence-electron chi connectivity index (χ3n) is 6.91. The lowest BCUT2D eigenvalue weighted by Crippen LogP contribution is -2.51. The first kappa shape index (κ1) is 31.6. The molecular formula is C33H43N2O6+. The van der Waals surface area contributed by atoms with Crippen LogP contribution in [0.1, 0.15) is 49.7 Å². The summed E-state index contributed by atoms with van der Waals surface area (Å²) in [6.07, 6.45) is 6.61. The van der Waals surface area contributed by atoms with Crippen LogP contribution in [-0.4, -0.2) is 55.8 Å². The molecule has 8 nitrogen and oxygen atoms in total. The fourth-order valence-corrected chi connectivity index (χ4v) is 4.39. The average molecular weight is 564 g/mol. The third kappa shape index (κ3) is 11.6. The van der Waals surface area contributed by atoms with Gasteiger partial charge in [0.25, 0.3) is 5.69 Å². The SMILES string of the molecule is C[N+](C)(C)C(Cc1ccc([N+](=O)[O-])cc1)C(=O)OCCCCCCCCOc1ccc(OCc2ccccc2)cc1. The van der Waals surface area contributed by atoms with Crippen molar-refractivity contribution < 1.29 is 28.4 Å². The normalized spacial score (nSPS) is 12.0. The van der Waals surface area contributed by atoms with E-state index in [1.807, 2.05) is 75.7 Å². The molecule has 1 atom stereocenters. The van der Waals surface area contributed by atoms with Crippen molar-refractivity contribution in [2.45, 2.75) is 57.6 Å². The Labute approximate surface area is 243 Å². The van der Waals surface area contributed by atoms with Crippen molar-refractivity contribution in [3.63, 3.8) is 0 Å². The number of quaternary nitrogens is 1. The van der Waals surface area contributed by atoms with Crippen molar-refractivity contribution in [3.05, 3.63) is 100 Å². The molecule has 0 N–H and O–H groups in total. The molecule has 0 saturated carbocycles. The zero-order valence-electron chi connectivity index (χ0n) is 24.5. The average Bonchev–Trinajstić information content (AvgIpc) is 2.96. The Morgan fingerprint density at radius 2 is 1.29 bits per heavy atom. The van der Waals surface area contributed by atoms with Crippen LogP contribution >= 0.6 is 0 Å². The van der Waals surface area contributed by atoms with Crippen molar-refractivity contribution in [2.75, 3.05) is 34.4 Å². The van der Waals surface area contributed by atoms with E-state index in [-0.39, 0.29) is 17.7 Å². The predicted molar refractivity (Wildman–Crippen MR) is 160 cm³/mol. The zero-order valence-corrected chi connectivity index (χ0v) is 24.5. The number of carbonyl (C=O) groups excluding carboxylic acids is 1. The van der Waals surface area contributed by atoms with Gasteiger partial charge in [0.15, 0.2) is 6.04 Å². The molecule has 0 amide bonds. The summed E-state index contributed by atoms with van der Waals surface area (Å²) < 4.78 is 17.7. The van der Waals surface area contributed by atoms with Gasteiger partial charge in [-0.05, 0) is 48.2 Å². The van der Waals surface area contributed by atoms with Crippen LogP contribution in [0.2, 0.25) is 0 Å². The fourth-order valence-electron chi connectivity index (χ4n) is 4.39. The van der Waals surface area contributed by atoms with Crippen molar-refractivity contribution in [3.8, 4) is 11.5 Å². The minimum absolute atomic E-state index is 0.0428. The highest BCUT2D eigenvalue weighted by Crippen LogP contribution is 2.20. The third-order valence-corrected chi connectivity index (χ3v) is 6.91. The van der Waals surface area contributed by atoms with E-state index in [0.717, 1.165) is 61.2 Å². The Morgan fingerprint density at radius 1 is 0.732 bits per heavy atom. The molecule has 3 aromatic carbocycles. The number of nitrogens with zero attached hydrogens (tertiary/aromatic N) is 2. The van der Waals surface area contributed by atoms with Gasteiger partial charge in [0.2, 0.25) is 0 Å². The maximum absolute atomic E-state index is 12.8. The highest BCUT2D eigenvalue weighted by molar-refractivity contribution is 5.75. The quantitative estimate of drug-likeness (QED) is 0.0559. The first-order chi connectivity index (χ1) is 19.7. The zero-order chi connectivity index (χ0) is 29.5. The Balaban J connectivity index is 1.23. The molecule has 0 fully saturated rings. The van der Waals surface area contributed by atoms with Crippen molar-refractivity contribution >= 4 is 11.7 Å². The Kier molecular flexibility index (Phi) is 12.6. The van der Waals surface area contributed by atoms with Gasteiger partial charge in [0.1, 0.15) is 18.1 Å². The van der Waals surface area contributed by atoms with E-state index >= 15 is 0 Å². The molecule has 0 aliphatic carbocycles. The molecular weight excluding hydrogens is 520 g/mol. The molecule has 8 heteroatoms.